The highest BCUT2D eigenvalue weighted by molar-refractivity contribution is 5.70. The van der Waals surface area contributed by atoms with Gasteiger partial charge in [0.2, 0.25) is 0 Å². The van der Waals surface area contributed by atoms with Crippen LogP contribution in [0, 0.1) is 0 Å². The lowest BCUT2D eigenvalue weighted by Gasteiger charge is -2.44. The van der Waals surface area contributed by atoms with Crippen LogP contribution in [0.4, 0.5) is 9.59 Å². The van der Waals surface area contributed by atoms with E-state index in [0.717, 1.165) is 24.8 Å². The van der Waals surface area contributed by atoms with E-state index in [1.807, 2.05) is 65.0 Å². The highest BCUT2D eigenvalue weighted by Gasteiger charge is 2.38. The first-order chi connectivity index (χ1) is 14.6. The van der Waals surface area contributed by atoms with Gasteiger partial charge in [0.25, 0.3) is 0 Å². The SMILES string of the molecule is COCC[C@H]1CC[C@@H](N(C(=O)OCc2ccccc2)C(C)C)CN1C(=O)OC(C)(C)C. The smallest absolute Gasteiger partial charge is 0.410 e. The summed E-state index contributed by atoms with van der Waals surface area (Å²) in [6.07, 6.45) is 1.61. The molecule has 1 saturated heterocycles. The molecule has 1 aromatic rings. The van der Waals surface area contributed by atoms with Crippen molar-refractivity contribution in [2.75, 3.05) is 20.3 Å². The third-order valence-electron chi connectivity index (χ3n) is 5.33. The fourth-order valence-electron chi connectivity index (χ4n) is 3.91. The second-order valence-electron chi connectivity index (χ2n) is 9.34. The van der Waals surface area contributed by atoms with E-state index in [4.69, 9.17) is 14.2 Å². The zero-order valence-electron chi connectivity index (χ0n) is 19.8. The van der Waals surface area contributed by atoms with Crippen LogP contribution < -0.4 is 0 Å². The average Bonchev–Trinajstić information content (AvgIpc) is 2.70. The zero-order valence-corrected chi connectivity index (χ0v) is 19.8. The number of hydrogen-bond acceptors (Lipinski definition) is 5. The molecule has 2 amide bonds. The number of nitrogens with zero attached hydrogens (tertiary/aromatic N) is 2. The molecule has 1 aliphatic rings. The van der Waals surface area contributed by atoms with Crippen molar-refractivity contribution >= 4 is 12.2 Å². The monoisotopic (exact) mass is 434 g/mol. The summed E-state index contributed by atoms with van der Waals surface area (Å²) in [6, 6.07) is 9.47. The van der Waals surface area contributed by atoms with Gasteiger partial charge in [0.05, 0.1) is 6.04 Å². The summed E-state index contributed by atoms with van der Waals surface area (Å²) in [5.41, 5.74) is 0.362. The van der Waals surface area contributed by atoms with E-state index < -0.39 is 5.60 Å². The van der Waals surface area contributed by atoms with Crippen LogP contribution in [0.1, 0.15) is 59.4 Å². The fourth-order valence-corrected chi connectivity index (χ4v) is 3.91. The van der Waals surface area contributed by atoms with Gasteiger partial charge in [-0.2, -0.15) is 0 Å². The first-order valence-corrected chi connectivity index (χ1v) is 11.1. The van der Waals surface area contributed by atoms with E-state index >= 15 is 0 Å². The highest BCUT2D eigenvalue weighted by atomic mass is 16.6. The number of piperidine rings is 1. The van der Waals surface area contributed by atoms with Crippen molar-refractivity contribution in [3.05, 3.63) is 35.9 Å². The third kappa shape index (κ3) is 7.73. The minimum atomic E-state index is -0.581. The van der Waals surface area contributed by atoms with Gasteiger partial charge < -0.3 is 24.0 Å². The van der Waals surface area contributed by atoms with Crippen molar-refractivity contribution in [3.63, 3.8) is 0 Å². The Hall–Kier alpha value is -2.28. The van der Waals surface area contributed by atoms with E-state index in [1.54, 1.807) is 16.9 Å². The Bertz CT molecular complexity index is 702. The summed E-state index contributed by atoms with van der Waals surface area (Å²) in [5.74, 6) is 0. The van der Waals surface area contributed by atoms with Gasteiger partial charge in [-0.3, -0.25) is 0 Å². The third-order valence-corrected chi connectivity index (χ3v) is 5.33. The van der Waals surface area contributed by atoms with Crippen LogP contribution in [-0.2, 0) is 20.8 Å². The molecule has 7 heteroatoms. The average molecular weight is 435 g/mol. The number of hydrogen-bond donors (Lipinski definition) is 0. The largest absolute Gasteiger partial charge is 0.445 e. The molecule has 7 nitrogen and oxygen atoms in total. The predicted octanol–water partition coefficient (Wildman–Crippen LogP) is 4.84. The van der Waals surface area contributed by atoms with Crippen molar-refractivity contribution in [2.24, 2.45) is 0 Å². The molecule has 1 heterocycles. The summed E-state index contributed by atoms with van der Waals surface area (Å²) in [4.78, 5) is 29.4. The molecule has 0 spiro atoms. The second kappa shape index (κ2) is 11.4. The van der Waals surface area contributed by atoms with Gasteiger partial charge in [-0.15, -0.1) is 0 Å². The number of carbonyl (C=O) groups excluding carboxylic acids is 2. The van der Waals surface area contributed by atoms with Gasteiger partial charge in [-0.05, 0) is 59.4 Å². The molecular formula is C24H38N2O5. The van der Waals surface area contributed by atoms with Gasteiger partial charge in [0, 0.05) is 32.3 Å². The molecule has 2 rings (SSSR count). The van der Waals surface area contributed by atoms with Crippen LogP contribution in [0.25, 0.3) is 0 Å². The van der Waals surface area contributed by atoms with Crippen LogP contribution >= 0.6 is 0 Å². The van der Waals surface area contributed by atoms with Crippen molar-refractivity contribution in [3.8, 4) is 0 Å². The molecule has 1 aromatic carbocycles. The van der Waals surface area contributed by atoms with Crippen LogP contribution in [0.3, 0.4) is 0 Å². The van der Waals surface area contributed by atoms with E-state index in [9.17, 15) is 9.59 Å². The summed E-state index contributed by atoms with van der Waals surface area (Å²) in [7, 11) is 1.66. The molecule has 2 atom stereocenters. The lowest BCUT2D eigenvalue weighted by atomic mass is 9.95. The molecule has 0 aromatic heterocycles. The Morgan fingerprint density at radius 3 is 2.42 bits per heavy atom. The molecule has 0 bridgehead atoms. The van der Waals surface area contributed by atoms with Gasteiger partial charge in [0.15, 0.2) is 0 Å². The summed E-state index contributed by atoms with van der Waals surface area (Å²) < 4.78 is 16.5. The first-order valence-electron chi connectivity index (χ1n) is 11.1. The van der Waals surface area contributed by atoms with Crippen LogP contribution in [0.2, 0.25) is 0 Å². The van der Waals surface area contributed by atoms with Gasteiger partial charge >= 0.3 is 12.2 Å². The number of amides is 2. The van der Waals surface area contributed by atoms with Gasteiger partial charge in [0.1, 0.15) is 12.2 Å². The predicted molar refractivity (Wildman–Crippen MR) is 120 cm³/mol. The molecule has 1 fully saturated rings. The maximum absolute atomic E-state index is 13.0. The Labute approximate surface area is 186 Å². The molecular weight excluding hydrogens is 396 g/mol. The van der Waals surface area contributed by atoms with Crippen LogP contribution in [-0.4, -0.2) is 66.0 Å². The number of likely N-dealkylation sites (tertiary alicyclic amines) is 1. The minimum absolute atomic E-state index is 0.0281. The fraction of sp³-hybridized carbons (Fsp3) is 0.667. The maximum Gasteiger partial charge on any atom is 0.410 e. The lowest BCUT2D eigenvalue weighted by molar-refractivity contribution is -0.0139. The summed E-state index contributed by atoms with van der Waals surface area (Å²) in [6.45, 7) is 10.7. The topological polar surface area (TPSA) is 68.3 Å². The number of ether oxygens (including phenoxy) is 3. The van der Waals surface area contributed by atoms with Crippen LogP contribution in [0.15, 0.2) is 30.3 Å². The standard InChI is InChI=1S/C24H38N2O5/c1-18(2)26(23(28)30-17-19-10-8-7-9-11-19)21-13-12-20(14-15-29-6)25(16-21)22(27)31-24(3,4)5/h7-11,18,20-21H,12-17H2,1-6H3/t20-,21-/m1/s1. The second-order valence-corrected chi connectivity index (χ2v) is 9.34. The normalized spacial score (nSPS) is 19.3. The van der Waals surface area contributed by atoms with Crippen molar-refractivity contribution in [1.29, 1.82) is 0 Å². The van der Waals surface area contributed by atoms with E-state index in [1.165, 1.54) is 0 Å². The molecule has 0 radical (unpaired) electrons. The Balaban J connectivity index is 2.11. The van der Waals surface area contributed by atoms with Gasteiger partial charge in [-0.1, -0.05) is 30.3 Å². The highest BCUT2D eigenvalue weighted by Crippen LogP contribution is 2.27. The number of rotatable bonds is 7. The number of methoxy groups -OCH3 is 1. The Morgan fingerprint density at radius 2 is 1.84 bits per heavy atom. The van der Waals surface area contributed by atoms with E-state index in [2.05, 4.69) is 0 Å². The molecule has 1 aliphatic heterocycles. The molecule has 0 unspecified atom stereocenters. The molecule has 0 saturated carbocycles. The number of carbonyl (C=O) groups is 2. The van der Waals surface area contributed by atoms with Gasteiger partial charge in [-0.25, -0.2) is 9.59 Å². The zero-order chi connectivity index (χ0) is 23.0. The lowest BCUT2D eigenvalue weighted by Crippen LogP contribution is -2.57. The molecule has 0 aliphatic carbocycles. The molecule has 0 N–H and O–H groups in total. The van der Waals surface area contributed by atoms with Crippen molar-refractivity contribution in [1.82, 2.24) is 9.80 Å². The summed E-state index contributed by atoms with van der Waals surface area (Å²) >= 11 is 0. The van der Waals surface area contributed by atoms with Crippen molar-refractivity contribution in [2.45, 2.75) is 84.2 Å². The Morgan fingerprint density at radius 1 is 1.16 bits per heavy atom. The first kappa shape index (κ1) is 25.0. The van der Waals surface area contributed by atoms with E-state index in [0.29, 0.717) is 13.2 Å². The molecule has 31 heavy (non-hydrogen) atoms. The number of benzene rings is 1. The quantitative estimate of drug-likeness (QED) is 0.614. The minimum Gasteiger partial charge on any atom is -0.445 e. The maximum atomic E-state index is 13.0. The van der Waals surface area contributed by atoms with E-state index in [-0.39, 0.29) is 36.9 Å². The molecule has 174 valence electrons. The van der Waals surface area contributed by atoms with Crippen molar-refractivity contribution < 1.29 is 23.8 Å². The summed E-state index contributed by atoms with van der Waals surface area (Å²) in [5, 5.41) is 0. The Kier molecular flexibility index (Phi) is 9.16. The van der Waals surface area contributed by atoms with Crippen LogP contribution in [0.5, 0.6) is 0 Å².